The Balaban J connectivity index is 0.00000192. The zero-order valence-corrected chi connectivity index (χ0v) is 17.1. The molecule has 1 heterocycles. The van der Waals surface area contributed by atoms with Crippen molar-refractivity contribution in [2.24, 2.45) is 10.9 Å². The van der Waals surface area contributed by atoms with Crippen LogP contribution in [0.5, 0.6) is 0 Å². The van der Waals surface area contributed by atoms with Crippen molar-refractivity contribution in [1.82, 2.24) is 15.5 Å². The highest BCUT2D eigenvalue weighted by Gasteiger charge is 2.33. The van der Waals surface area contributed by atoms with Crippen molar-refractivity contribution in [3.05, 3.63) is 22.4 Å². The van der Waals surface area contributed by atoms with E-state index in [1.54, 1.807) is 0 Å². The van der Waals surface area contributed by atoms with E-state index >= 15 is 0 Å². The number of thiophene rings is 1. The van der Waals surface area contributed by atoms with E-state index in [-0.39, 0.29) is 24.0 Å². The molecule has 0 unspecified atom stereocenters. The average molecular weight is 448 g/mol. The highest BCUT2D eigenvalue weighted by atomic mass is 127. The smallest absolute Gasteiger partial charge is 0.191 e. The first-order valence-electron chi connectivity index (χ1n) is 8.56. The molecule has 0 radical (unpaired) electrons. The van der Waals surface area contributed by atoms with Crippen LogP contribution in [-0.2, 0) is 6.42 Å². The van der Waals surface area contributed by atoms with E-state index in [2.05, 4.69) is 38.0 Å². The van der Waals surface area contributed by atoms with Crippen molar-refractivity contribution in [1.29, 1.82) is 0 Å². The number of hydrogen-bond acceptors (Lipinski definition) is 3. The maximum atomic E-state index is 4.32. The molecule has 0 bridgehead atoms. The molecular formula is C17H29IN4S. The molecule has 2 saturated carbocycles. The van der Waals surface area contributed by atoms with E-state index in [1.165, 1.54) is 37.1 Å². The summed E-state index contributed by atoms with van der Waals surface area (Å²) in [6.45, 7) is 4.39. The lowest BCUT2D eigenvalue weighted by molar-refractivity contribution is 0.256. The Kier molecular flexibility index (Phi) is 8.12. The highest BCUT2D eigenvalue weighted by Crippen LogP contribution is 2.34. The van der Waals surface area contributed by atoms with Crippen molar-refractivity contribution < 1.29 is 0 Å². The van der Waals surface area contributed by atoms with Crippen molar-refractivity contribution in [3.63, 3.8) is 0 Å². The van der Waals surface area contributed by atoms with Crippen molar-refractivity contribution in [2.45, 2.75) is 38.1 Å². The molecule has 0 spiro atoms. The zero-order chi connectivity index (χ0) is 15.2. The Morgan fingerprint density at radius 2 is 2.04 bits per heavy atom. The monoisotopic (exact) mass is 448 g/mol. The predicted octanol–water partition coefficient (Wildman–Crippen LogP) is 2.95. The molecule has 2 N–H and O–H groups in total. The van der Waals surface area contributed by atoms with Crippen LogP contribution < -0.4 is 10.6 Å². The SMILES string of the molecule is CN=C(NCCc1cccs1)NCCN(CC1CC1)C1CC1.I. The van der Waals surface area contributed by atoms with Crippen LogP contribution in [0, 0.1) is 5.92 Å². The Bertz CT molecular complexity index is 469. The van der Waals surface area contributed by atoms with E-state index in [9.17, 15) is 0 Å². The molecular weight excluding hydrogens is 419 g/mol. The van der Waals surface area contributed by atoms with Crippen LogP contribution in [0.2, 0.25) is 0 Å². The Morgan fingerprint density at radius 3 is 2.65 bits per heavy atom. The third kappa shape index (κ3) is 6.97. The van der Waals surface area contributed by atoms with Gasteiger partial charge in [-0.05, 0) is 49.5 Å². The number of aliphatic imine (C=N–C) groups is 1. The molecule has 130 valence electrons. The Labute approximate surface area is 161 Å². The summed E-state index contributed by atoms with van der Waals surface area (Å²) in [5.74, 6) is 1.92. The third-order valence-corrected chi connectivity index (χ3v) is 5.35. The van der Waals surface area contributed by atoms with Gasteiger partial charge in [-0.25, -0.2) is 0 Å². The predicted molar refractivity (Wildman–Crippen MR) is 110 cm³/mol. The fraction of sp³-hybridized carbons (Fsp3) is 0.706. The van der Waals surface area contributed by atoms with Crippen LogP contribution >= 0.6 is 35.3 Å². The van der Waals surface area contributed by atoms with Gasteiger partial charge in [0.25, 0.3) is 0 Å². The van der Waals surface area contributed by atoms with Crippen LogP contribution in [0.15, 0.2) is 22.5 Å². The fourth-order valence-electron chi connectivity index (χ4n) is 2.79. The third-order valence-electron chi connectivity index (χ3n) is 4.41. The van der Waals surface area contributed by atoms with Gasteiger partial charge in [-0.2, -0.15) is 0 Å². The van der Waals surface area contributed by atoms with Gasteiger partial charge in [0.05, 0.1) is 0 Å². The average Bonchev–Trinajstić information content (AvgIpc) is 3.45. The summed E-state index contributed by atoms with van der Waals surface area (Å²) in [5.41, 5.74) is 0. The van der Waals surface area contributed by atoms with E-state index < -0.39 is 0 Å². The quantitative estimate of drug-likeness (QED) is 0.347. The summed E-state index contributed by atoms with van der Waals surface area (Å²) in [6, 6.07) is 5.17. The number of nitrogens with one attached hydrogen (secondary N) is 2. The van der Waals surface area contributed by atoms with Gasteiger partial charge in [0.2, 0.25) is 0 Å². The lowest BCUT2D eigenvalue weighted by Crippen LogP contribution is -2.43. The molecule has 1 aromatic rings. The van der Waals surface area contributed by atoms with Crippen molar-refractivity contribution >= 4 is 41.3 Å². The van der Waals surface area contributed by atoms with Crippen LogP contribution in [0.25, 0.3) is 0 Å². The van der Waals surface area contributed by atoms with Crippen LogP contribution in [0.3, 0.4) is 0 Å². The summed E-state index contributed by atoms with van der Waals surface area (Å²) in [5, 5.41) is 9.00. The first-order valence-corrected chi connectivity index (χ1v) is 9.44. The van der Waals surface area contributed by atoms with E-state index in [0.29, 0.717) is 0 Å². The number of guanidine groups is 1. The van der Waals surface area contributed by atoms with Crippen LogP contribution in [0.4, 0.5) is 0 Å². The Hall–Kier alpha value is -0.340. The minimum Gasteiger partial charge on any atom is -0.356 e. The minimum atomic E-state index is 0. The van der Waals surface area contributed by atoms with Crippen LogP contribution in [-0.4, -0.2) is 50.1 Å². The lowest BCUT2D eigenvalue weighted by Gasteiger charge is -2.22. The molecule has 0 atom stereocenters. The molecule has 3 rings (SSSR count). The molecule has 2 aliphatic rings. The molecule has 2 fully saturated rings. The molecule has 4 nitrogen and oxygen atoms in total. The van der Waals surface area contributed by atoms with E-state index in [1.807, 2.05) is 18.4 Å². The topological polar surface area (TPSA) is 39.7 Å². The molecule has 0 saturated heterocycles. The second-order valence-electron chi connectivity index (χ2n) is 6.42. The van der Waals surface area contributed by atoms with Crippen molar-refractivity contribution in [2.75, 3.05) is 33.2 Å². The van der Waals surface area contributed by atoms with Gasteiger partial charge < -0.3 is 10.6 Å². The molecule has 23 heavy (non-hydrogen) atoms. The van der Waals surface area contributed by atoms with Gasteiger partial charge in [-0.15, -0.1) is 35.3 Å². The van der Waals surface area contributed by atoms with Crippen LogP contribution in [0.1, 0.15) is 30.6 Å². The van der Waals surface area contributed by atoms with Gasteiger partial charge in [0.1, 0.15) is 0 Å². The normalized spacial score (nSPS) is 17.9. The first kappa shape index (κ1) is 19.0. The first-order chi connectivity index (χ1) is 10.8. The van der Waals surface area contributed by atoms with E-state index in [4.69, 9.17) is 0 Å². The van der Waals surface area contributed by atoms with Gasteiger partial charge in [0.15, 0.2) is 5.96 Å². The van der Waals surface area contributed by atoms with Gasteiger partial charge in [-0.3, -0.25) is 9.89 Å². The molecule has 0 aromatic carbocycles. The summed E-state index contributed by atoms with van der Waals surface area (Å²) in [6.07, 6.45) is 6.76. The lowest BCUT2D eigenvalue weighted by atomic mass is 10.3. The maximum Gasteiger partial charge on any atom is 0.191 e. The second kappa shape index (κ2) is 9.84. The second-order valence-corrected chi connectivity index (χ2v) is 7.46. The molecule has 2 aliphatic carbocycles. The van der Waals surface area contributed by atoms with Crippen molar-refractivity contribution in [3.8, 4) is 0 Å². The van der Waals surface area contributed by atoms with Gasteiger partial charge >= 0.3 is 0 Å². The standard InChI is InChI=1S/C17H28N4S.HI/c1-18-17(19-9-8-16-3-2-12-22-16)20-10-11-21(15-6-7-15)13-14-4-5-14;/h2-3,12,14-15H,4-11,13H2,1H3,(H2,18,19,20);1H. The summed E-state index contributed by atoms with van der Waals surface area (Å²) in [7, 11) is 1.85. The minimum absolute atomic E-state index is 0. The summed E-state index contributed by atoms with van der Waals surface area (Å²) < 4.78 is 0. The molecule has 0 amide bonds. The molecule has 1 aromatic heterocycles. The van der Waals surface area contributed by atoms with Gasteiger partial charge in [-0.1, -0.05) is 6.07 Å². The number of hydrogen-bond donors (Lipinski definition) is 2. The Morgan fingerprint density at radius 1 is 1.26 bits per heavy atom. The fourth-order valence-corrected chi connectivity index (χ4v) is 3.50. The number of rotatable bonds is 9. The largest absolute Gasteiger partial charge is 0.356 e. The van der Waals surface area contributed by atoms with E-state index in [0.717, 1.165) is 44.0 Å². The highest BCUT2D eigenvalue weighted by molar-refractivity contribution is 14.0. The number of nitrogens with zero attached hydrogens (tertiary/aromatic N) is 2. The summed E-state index contributed by atoms with van der Waals surface area (Å²) in [4.78, 5) is 8.42. The zero-order valence-electron chi connectivity index (χ0n) is 14.0. The number of halogens is 1. The summed E-state index contributed by atoms with van der Waals surface area (Å²) >= 11 is 1.82. The van der Waals surface area contributed by atoms with Gasteiger partial charge in [0, 0.05) is 44.1 Å². The maximum absolute atomic E-state index is 4.32. The molecule has 0 aliphatic heterocycles. The molecule has 6 heteroatoms.